The minimum absolute atomic E-state index is 0.0667. The number of nitrogens with one attached hydrogen (secondary N) is 2. The van der Waals surface area contributed by atoms with Crippen molar-refractivity contribution in [1.82, 2.24) is 10.3 Å². The van der Waals surface area contributed by atoms with Crippen LogP contribution in [0.2, 0.25) is 0 Å². The van der Waals surface area contributed by atoms with E-state index in [1.165, 1.54) is 0 Å². The van der Waals surface area contributed by atoms with E-state index in [9.17, 15) is 4.79 Å². The Kier molecular flexibility index (Phi) is 4.84. The number of carbonyl (C=O) groups excluding carboxylic acids is 1. The van der Waals surface area contributed by atoms with E-state index in [0.29, 0.717) is 25.3 Å². The number of ether oxygens (including phenoxy) is 2. The Labute approximate surface area is 141 Å². The highest BCUT2D eigenvalue weighted by Gasteiger charge is 2.20. The number of nitrogens with zero attached hydrogens (tertiary/aromatic N) is 1. The highest BCUT2D eigenvalue weighted by atomic mass is 16.6. The summed E-state index contributed by atoms with van der Waals surface area (Å²) in [5.74, 6) is 1.52. The lowest BCUT2D eigenvalue weighted by molar-refractivity contribution is 0.0854. The van der Waals surface area contributed by atoms with Crippen LogP contribution in [0.3, 0.4) is 0 Å². The number of anilines is 1. The SMILES string of the molecule is Cc1ccc(NC(=O)NCC[C@@H]2COc3ccccc3O2)c(C)n1. The molecule has 1 atom stereocenters. The fraction of sp³-hybridized carbons (Fsp3) is 0.333. The second kappa shape index (κ2) is 7.21. The highest BCUT2D eigenvalue weighted by molar-refractivity contribution is 5.89. The molecule has 0 spiro atoms. The van der Waals surface area contributed by atoms with Gasteiger partial charge in [-0.05, 0) is 38.1 Å². The van der Waals surface area contributed by atoms with Crippen LogP contribution < -0.4 is 20.1 Å². The van der Waals surface area contributed by atoms with Crippen LogP contribution in [-0.2, 0) is 0 Å². The van der Waals surface area contributed by atoms with Crippen LogP contribution in [0, 0.1) is 13.8 Å². The van der Waals surface area contributed by atoms with Gasteiger partial charge in [-0.15, -0.1) is 0 Å². The van der Waals surface area contributed by atoms with Gasteiger partial charge in [-0.3, -0.25) is 4.98 Å². The van der Waals surface area contributed by atoms with Gasteiger partial charge in [-0.25, -0.2) is 4.79 Å². The first-order valence-corrected chi connectivity index (χ1v) is 7.99. The molecule has 0 aliphatic carbocycles. The van der Waals surface area contributed by atoms with Crippen LogP contribution in [0.4, 0.5) is 10.5 Å². The number of benzene rings is 1. The standard InChI is InChI=1S/C18H21N3O3/c1-12-7-8-15(13(2)20-12)21-18(22)19-10-9-14-11-23-16-5-3-4-6-17(16)24-14/h3-8,14H,9-11H2,1-2H3,(H2,19,21,22)/t14-/m1/s1. The Hall–Kier alpha value is -2.76. The smallest absolute Gasteiger partial charge is 0.319 e. The van der Waals surface area contributed by atoms with Gasteiger partial charge in [-0.1, -0.05) is 12.1 Å². The molecule has 3 rings (SSSR count). The Balaban J connectivity index is 1.44. The molecule has 6 nitrogen and oxygen atoms in total. The molecule has 1 aromatic heterocycles. The molecule has 0 bridgehead atoms. The molecular formula is C18H21N3O3. The van der Waals surface area contributed by atoms with E-state index in [0.717, 1.165) is 22.9 Å². The van der Waals surface area contributed by atoms with Gasteiger partial charge in [0, 0.05) is 18.7 Å². The van der Waals surface area contributed by atoms with Crippen molar-refractivity contribution in [1.29, 1.82) is 0 Å². The average molecular weight is 327 g/mol. The zero-order chi connectivity index (χ0) is 16.9. The summed E-state index contributed by atoms with van der Waals surface area (Å²) < 4.78 is 11.5. The molecule has 6 heteroatoms. The van der Waals surface area contributed by atoms with E-state index in [-0.39, 0.29) is 12.1 Å². The van der Waals surface area contributed by atoms with E-state index >= 15 is 0 Å². The molecule has 0 saturated heterocycles. The van der Waals surface area contributed by atoms with Gasteiger partial charge in [0.2, 0.25) is 0 Å². The van der Waals surface area contributed by atoms with E-state index in [1.54, 1.807) is 0 Å². The minimum atomic E-state index is -0.249. The number of para-hydroxylation sites is 2. The Morgan fingerprint density at radius 2 is 2.00 bits per heavy atom. The first-order valence-electron chi connectivity index (χ1n) is 7.99. The number of carbonyl (C=O) groups is 1. The summed E-state index contributed by atoms with van der Waals surface area (Å²) in [6, 6.07) is 11.1. The lowest BCUT2D eigenvalue weighted by atomic mass is 10.2. The van der Waals surface area contributed by atoms with Gasteiger partial charge in [-0.2, -0.15) is 0 Å². The van der Waals surface area contributed by atoms with Crippen LogP contribution in [-0.4, -0.2) is 30.3 Å². The second-order valence-electron chi connectivity index (χ2n) is 5.75. The Bertz CT molecular complexity index is 733. The Morgan fingerprint density at radius 3 is 2.79 bits per heavy atom. The van der Waals surface area contributed by atoms with Gasteiger partial charge in [0.25, 0.3) is 0 Å². The van der Waals surface area contributed by atoms with Crippen LogP contribution in [0.1, 0.15) is 17.8 Å². The van der Waals surface area contributed by atoms with Gasteiger partial charge in [0.05, 0.1) is 11.4 Å². The molecule has 2 N–H and O–H groups in total. The molecule has 2 aromatic rings. The molecule has 1 aliphatic heterocycles. The summed E-state index contributed by atoms with van der Waals surface area (Å²) in [6.45, 7) is 4.77. The van der Waals surface area contributed by atoms with E-state index in [4.69, 9.17) is 9.47 Å². The number of urea groups is 1. The fourth-order valence-corrected chi connectivity index (χ4v) is 2.54. The first kappa shape index (κ1) is 16.1. The van der Waals surface area contributed by atoms with Crippen molar-refractivity contribution in [2.24, 2.45) is 0 Å². The average Bonchev–Trinajstić information content (AvgIpc) is 2.57. The van der Waals surface area contributed by atoms with Crippen molar-refractivity contribution in [3.63, 3.8) is 0 Å². The molecule has 2 heterocycles. The maximum Gasteiger partial charge on any atom is 0.319 e. The van der Waals surface area contributed by atoms with Crippen molar-refractivity contribution in [2.75, 3.05) is 18.5 Å². The van der Waals surface area contributed by atoms with Crippen LogP contribution in [0.25, 0.3) is 0 Å². The van der Waals surface area contributed by atoms with Gasteiger partial charge in [0.15, 0.2) is 11.5 Å². The third-order valence-electron chi connectivity index (χ3n) is 3.79. The van der Waals surface area contributed by atoms with Crippen LogP contribution in [0.15, 0.2) is 36.4 Å². The monoisotopic (exact) mass is 327 g/mol. The summed E-state index contributed by atoms with van der Waals surface area (Å²) in [5.41, 5.74) is 2.43. The van der Waals surface area contributed by atoms with Gasteiger partial charge >= 0.3 is 6.03 Å². The predicted molar refractivity (Wildman–Crippen MR) is 91.7 cm³/mol. The number of amides is 2. The molecule has 0 saturated carbocycles. The molecule has 2 amide bonds. The summed E-state index contributed by atoms with van der Waals surface area (Å²) in [5, 5.41) is 5.64. The number of rotatable bonds is 4. The lowest BCUT2D eigenvalue weighted by Gasteiger charge is -2.26. The number of hydrogen-bond acceptors (Lipinski definition) is 4. The quantitative estimate of drug-likeness (QED) is 0.905. The predicted octanol–water partition coefficient (Wildman–Crippen LogP) is 3.05. The molecule has 126 valence electrons. The first-order chi connectivity index (χ1) is 11.6. The largest absolute Gasteiger partial charge is 0.486 e. The third-order valence-corrected chi connectivity index (χ3v) is 3.79. The number of aryl methyl sites for hydroxylation is 2. The molecular weight excluding hydrogens is 306 g/mol. The Morgan fingerprint density at radius 1 is 1.21 bits per heavy atom. The van der Waals surface area contributed by atoms with Crippen molar-refractivity contribution in [3.8, 4) is 11.5 Å². The fourth-order valence-electron chi connectivity index (χ4n) is 2.54. The molecule has 0 unspecified atom stereocenters. The zero-order valence-electron chi connectivity index (χ0n) is 13.8. The maximum atomic E-state index is 12.0. The van der Waals surface area contributed by atoms with Crippen molar-refractivity contribution >= 4 is 11.7 Å². The molecule has 0 fully saturated rings. The van der Waals surface area contributed by atoms with E-state index in [1.807, 2.05) is 50.2 Å². The molecule has 0 radical (unpaired) electrons. The van der Waals surface area contributed by atoms with Crippen LogP contribution >= 0.6 is 0 Å². The van der Waals surface area contributed by atoms with E-state index in [2.05, 4.69) is 15.6 Å². The normalized spacial score (nSPS) is 15.7. The lowest BCUT2D eigenvalue weighted by Crippen LogP contribution is -2.36. The molecule has 1 aromatic carbocycles. The van der Waals surface area contributed by atoms with Crippen molar-refractivity contribution in [3.05, 3.63) is 47.8 Å². The molecule has 1 aliphatic rings. The topological polar surface area (TPSA) is 72.5 Å². The number of hydrogen-bond donors (Lipinski definition) is 2. The summed E-state index contributed by atoms with van der Waals surface area (Å²) in [4.78, 5) is 16.3. The van der Waals surface area contributed by atoms with E-state index < -0.39 is 0 Å². The third kappa shape index (κ3) is 3.95. The minimum Gasteiger partial charge on any atom is -0.486 e. The van der Waals surface area contributed by atoms with Crippen molar-refractivity contribution < 1.29 is 14.3 Å². The molecule has 24 heavy (non-hydrogen) atoms. The number of pyridine rings is 1. The number of aromatic nitrogens is 1. The zero-order valence-corrected chi connectivity index (χ0v) is 13.8. The van der Waals surface area contributed by atoms with Crippen LogP contribution in [0.5, 0.6) is 11.5 Å². The van der Waals surface area contributed by atoms with Gasteiger partial charge < -0.3 is 20.1 Å². The summed E-state index contributed by atoms with van der Waals surface area (Å²) in [7, 11) is 0. The highest BCUT2D eigenvalue weighted by Crippen LogP contribution is 2.31. The van der Waals surface area contributed by atoms with Crippen molar-refractivity contribution in [2.45, 2.75) is 26.4 Å². The number of fused-ring (bicyclic) bond motifs is 1. The van der Waals surface area contributed by atoms with Gasteiger partial charge in [0.1, 0.15) is 12.7 Å². The second-order valence-corrected chi connectivity index (χ2v) is 5.75. The summed E-state index contributed by atoms with van der Waals surface area (Å²) >= 11 is 0. The maximum absolute atomic E-state index is 12.0. The summed E-state index contributed by atoms with van der Waals surface area (Å²) in [6.07, 6.45) is 0.607.